The smallest absolute Gasteiger partial charge is 0.308 e. The van der Waals surface area contributed by atoms with Crippen molar-refractivity contribution in [2.75, 3.05) is 6.54 Å². The molecule has 0 bridgehead atoms. The Hall–Kier alpha value is -2.24. The molecule has 0 aliphatic carbocycles. The minimum Gasteiger partial charge on any atom is -0.488 e. The number of carboxylic acid groups (broad SMARTS) is 1. The Morgan fingerprint density at radius 1 is 1.15 bits per heavy atom. The molecule has 3 rings (SSSR count). The van der Waals surface area contributed by atoms with Crippen LogP contribution in [-0.4, -0.2) is 28.4 Å². The van der Waals surface area contributed by atoms with Gasteiger partial charge >= 0.3 is 5.97 Å². The lowest BCUT2D eigenvalue weighted by Crippen LogP contribution is -2.26. The first-order valence-corrected chi connectivity index (χ1v) is 8.85. The summed E-state index contributed by atoms with van der Waals surface area (Å²) in [5.41, 5.74) is 1.49. The van der Waals surface area contributed by atoms with Gasteiger partial charge in [0, 0.05) is 40.7 Å². The minimum atomic E-state index is -0.946. The van der Waals surface area contributed by atoms with E-state index in [0.29, 0.717) is 27.9 Å². The number of likely N-dealkylation sites (tertiary alicyclic amines) is 1. The summed E-state index contributed by atoms with van der Waals surface area (Å²) in [7, 11) is 0. The van der Waals surface area contributed by atoms with Gasteiger partial charge in [0.25, 0.3) is 0 Å². The lowest BCUT2D eigenvalue weighted by Gasteiger charge is -2.19. The molecule has 136 valence electrons. The maximum absolute atomic E-state index is 12.1. The number of hydrogen-bond donors (Lipinski definition) is 1. The number of rotatable bonds is 6. The molecule has 1 atom stereocenters. The lowest BCUT2D eigenvalue weighted by molar-refractivity contribution is -0.141. The number of carbonyl (C=O) groups excluding carboxylic acids is 1. The zero-order valence-electron chi connectivity index (χ0n) is 13.8. The number of para-hydroxylation sites is 1. The van der Waals surface area contributed by atoms with E-state index >= 15 is 0 Å². The zero-order valence-corrected chi connectivity index (χ0v) is 15.3. The number of carboxylic acids is 1. The molecule has 1 aliphatic heterocycles. The van der Waals surface area contributed by atoms with Gasteiger partial charge in [0.1, 0.15) is 12.4 Å². The summed E-state index contributed by atoms with van der Waals surface area (Å²) in [4.78, 5) is 24.7. The van der Waals surface area contributed by atoms with Crippen molar-refractivity contribution in [1.29, 1.82) is 0 Å². The molecule has 1 fully saturated rings. The predicted octanol–water partition coefficient (Wildman–Crippen LogP) is 4.01. The van der Waals surface area contributed by atoms with Crippen LogP contribution in [0.1, 0.15) is 17.5 Å². The van der Waals surface area contributed by atoms with Gasteiger partial charge in [-0.3, -0.25) is 9.59 Å². The molecule has 0 aromatic heterocycles. The Morgan fingerprint density at radius 2 is 1.85 bits per heavy atom. The highest BCUT2D eigenvalue weighted by Gasteiger charge is 2.34. The Morgan fingerprint density at radius 3 is 2.50 bits per heavy atom. The summed E-state index contributed by atoms with van der Waals surface area (Å²) >= 11 is 12.3. The van der Waals surface area contributed by atoms with Crippen LogP contribution in [0.25, 0.3) is 0 Å². The molecular formula is C19H17Cl2NO4. The first-order valence-electron chi connectivity index (χ1n) is 8.10. The van der Waals surface area contributed by atoms with E-state index in [1.807, 2.05) is 18.2 Å². The molecular weight excluding hydrogens is 377 g/mol. The van der Waals surface area contributed by atoms with Gasteiger partial charge in [-0.25, -0.2) is 0 Å². The number of carbonyl (C=O) groups is 2. The SMILES string of the molecule is O=C(O)C1CC(=O)N(Cc2ccccc2OCc2c(Cl)cccc2Cl)C1. The number of amides is 1. The van der Waals surface area contributed by atoms with E-state index in [4.69, 9.17) is 33.0 Å². The van der Waals surface area contributed by atoms with E-state index in [0.717, 1.165) is 5.56 Å². The van der Waals surface area contributed by atoms with Gasteiger partial charge in [-0.15, -0.1) is 0 Å². The zero-order chi connectivity index (χ0) is 18.7. The van der Waals surface area contributed by atoms with Crippen LogP contribution >= 0.6 is 23.2 Å². The van der Waals surface area contributed by atoms with Crippen LogP contribution in [0.2, 0.25) is 10.0 Å². The summed E-state index contributed by atoms with van der Waals surface area (Å²) in [6, 6.07) is 12.6. The molecule has 1 heterocycles. The lowest BCUT2D eigenvalue weighted by atomic mass is 10.1. The number of nitrogens with zero attached hydrogens (tertiary/aromatic N) is 1. The molecule has 0 saturated carbocycles. The van der Waals surface area contributed by atoms with E-state index in [9.17, 15) is 9.59 Å². The molecule has 2 aromatic rings. The average Bonchev–Trinajstić information content (AvgIpc) is 2.97. The van der Waals surface area contributed by atoms with Crippen molar-refractivity contribution in [3.8, 4) is 5.75 Å². The van der Waals surface area contributed by atoms with Gasteiger partial charge in [-0.05, 0) is 18.2 Å². The molecule has 7 heteroatoms. The minimum absolute atomic E-state index is 0.0353. The fourth-order valence-electron chi connectivity index (χ4n) is 2.89. The normalized spacial score (nSPS) is 16.8. The summed E-state index contributed by atoms with van der Waals surface area (Å²) in [6.07, 6.45) is 0.0353. The quantitative estimate of drug-likeness (QED) is 0.804. The summed E-state index contributed by atoms with van der Waals surface area (Å²) in [5, 5.41) is 10.1. The average molecular weight is 394 g/mol. The number of benzene rings is 2. The first-order chi connectivity index (χ1) is 12.5. The van der Waals surface area contributed by atoms with Crippen molar-refractivity contribution >= 4 is 35.1 Å². The summed E-state index contributed by atoms with van der Waals surface area (Å²) in [6.45, 7) is 0.703. The van der Waals surface area contributed by atoms with Crippen molar-refractivity contribution < 1.29 is 19.4 Å². The fraction of sp³-hybridized carbons (Fsp3) is 0.263. The Balaban J connectivity index is 1.73. The molecule has 26 heavy (non-hydrogen) atoms. The third kappa shape index (κ3) is 4.11. The number of ether oxygens (including phenoxy) is 1. The highest BCUT2D eigenvalue weighted by Crippen LogP contribution is 2.28. The molecule has 1 N–H and O–H groups in total. The van der Waals surface area contributed by atoms with Gasteiger partial charge in [-0.1, -0.05) is 47.5 Å². The Bertz CT molecular complexity index is 820. The fourth-order valence-corrected chi connectivity index (χ4v) is 3.40. The first kappa shape index (κ1) is 18.5. The van der Waals surface area contributed by atoms with Crippen molar-refractivity contribution in [3.63, 3.8) is 0 Å². The van der Waals surface area contributed by atoms with Gasteiger partial charge in [0.05, 0.1) is 5.92 Å². The Kier molecular flexibility index (Phi) is 5.69. The topological polar surface area (TPSA) is 66.8 Å². The van der Waals surface area contributed by atoms with Crippen LogP contribution in [0.15, 0.2) is 42.5 Å². The van der Waals surface area contributed by atoms with Crippen molar-refractivity contribution in [3.05, 3.63) is 63.6 Å². The highest BCUT2D eigenvalue weighted by molar-refractivity contribution is 6.35. The monoisotopic (exact) mass is 393 g/mol. The van der Waals surface area contributed by atoms with Gasteiger partial charge in [0.2, 0.25) is 5.91 Å². The molecule has 1 amide bonds. The molecule has 2 aromatic carbocycles. The number of aliphatic carboxylic acids is 1. The third-order valence-electron chi connectivity index (χ3n) is 4.33. The van der Waals surface area contributed by atoms with E-state index in [-0.39, 0.29) is 25.5 Å². The summed E-state index contributed by atoms with van der Waals surface area (Å²) in [5.74, 6) is -1.16. The molecule has 1 saturated heterocycles. The van der Waals surface area contributed by atoms with E-state index in [1.54, 1.807) is 29.2 Å². The van der Waals surface area contributed by atoms with Crippen LogP contribution in [0.4, 0.5) is 0 Å². The maximum Gasteiger partial charge on any atom is 0.308 e. The standard InChI is InChI=1S/C19H17Cl2NO4/c20-15-5-3-6-16(21)14(15)11-26-17-7-2-1-4-12(17)9-22-10-13(19(24)25)8-18(22)23/h1-7,13H,8-11H2,(H,24,25). The third-order valence-corrected chi connectivity index (χ3v) is 5.04. The molecule has 0 radical (unpaired) electrons. The van der Waals surface area contributed by atoms with Crippen LogP contribution in [0, 0.1) is 5.92 Å². The van der Waals surface area contributed by atoms with Crippen LogP contribution in [-0.2, 0) is 22.7 Å². The van der Waals surface area contributed by atoms with Gasteiger partial charge in [0.15, 0.2) is 0 Å². The van der Waals surface area contributed by atoms with Crippen molar-refractivity contribution in [2.45, 2.75) is 19.6 Å². The van der Waals surface area contributed by atoms with E-state index in [2.05, 4.69) is 0 Å². The van der Waals surface area contributed by atoms with E-state index in [1.165, 1.54) is 0 Å². The summed E-state index contributed by atoms with van der Waals surface area (Å²) < 4.78 is 5.88. The number of hydrogen-bond acceptors (Lipinski definition) is 3. The largest absolute Gasteiger partial charge is 0.488 e. The van der Waals surface area contributed by atoms with Crippen LogP contribution in [0.5, 0.6) is 5.75 Å². The predicted molar refractivity (Wildman–Crippen MR) is 98.4 cm³/mol. The van der Waals surface area contributed by atoms with Gasteiger partial charge < -0.3 is 14.7 Å². The molecule has 0 spiro atoms. The highest BCUT2D eigenvalue weighted by atomic mass is 35.5. The molecule has 5 nitrogen and oxygen atoms in total. The van der Waals surface area contributed by atoms with Crippen LogP contribution in [0.3, 0.4) is 0 Å². The second-order valence-electron chi connectivity index (χ2n) is 6.11. The Labute approximate surface area is 161 Å². The van der Waals surface area contributed by atoms with E-state index < -0.39 is 11.9 Å². The number of halogens is 2. The molecule has 1 unspecified atom stereocenters. The maximum atomic E-state index is 12.1. The van der Waals surface area contributed by atoms with Gasteiger partial charge in [-0.2, -0.15) is 0 Å². The second kappa shape index (κ2) is 7.98. The van der Waals surface area contributed by atoms with Crippen molar-refractivity contribution in [1.82, 2.24) is 4.90 Å². The molecule has 1 aliphatic rings. The second-order valence-corrected chi connectivity index (χ2v) is 6.92. The van der Waals surface area contributed by atoms with Crippen molar-refractivity contribution in [2.24, 2.45) is 5.92 Å². The van der Waals surface area contributed by atoms with Crippen LogP contribution < -0.4 is 4.74 Å².